The predicted octanol–water partition coefficient (Wildman–Crippen LogP) is 7.73. The maximum absolute atomic E-state index is 13.8. The van der Waals surface area contributed by atoms with E-state index in [-0.39, 0.29) is 11.9 Å². The Morgan fingerprint density at radius 1 is 1.25 bits per heavy atom. The smallest absolute Gasteiger partial charge is 0.270 e. The molecule has 1 aromatic heterocycles. The average molecular weight is 547 g/mol. The van der Waals surface area contributed by atoms with Gasteiger partial charge in [0.1, 0.15) is 11.9 Å². The lowest BCUT2D eigenvalue weighted by Gasteiger charge is -2.28. The number of rotatable bonds is 5. The van der Waals surface area contributed by atoms with E-state index in [2.05, 4.69) is 18.3 Å². The number of benzene rings is 1. The summed E-state index contributed by atoms with van der Waals surface area (Å²) < 4.78 is 15.2. The molecule has 1 saturated carbocycles. The summed E-state index contributed by atoms with van der Waals surface area (Å²) in [5, 5.41) is 9.17. The van der Waals surface area contributed by atoms with Crippen LogP contribution in [0.4, 0.5) is 4.39 Å². The molecule has 4 nitrogen and oxygen atoms in total. The molecular formula is C28H30Cl2FN3OS. The third-order valence-electron chi connectivity index (χ3n) is 7.28. The molecule has 0 spiro atoms. The average Bonchev–Trinajstić information content (AvgIpc) is 3.26. The summed E-state index contributed by atoms with van der Waals surface area (Å²) in [5.41, 5.74) is 4.82. The maximum atomic E-state index is 13.8. The fourth-order valence-electron chi connectivity index (χ4n) is 5.29. The minimum Gasteiger partial charge on any atom is -0.348 e. The highest BCUT2D eigenvalue weighted by atomic mass is 35.5. The molecule has 2 heterocycles. The molecule has 1 fully saturated rings. The third kappa shape index (κ3) is 5.46. The number of aromatic nitrogens is 2. The lowest BCUT2D eigenvalue weighted by atomic mass is 9.84. The second-order valence-corrected chi connectivity index (χ2v) is 11.7. The highest BCUT2D eigenvalue weighted by Gasteiger charge is 2.31. The number of thioether (sulfide) groups is 1. The summed E-state index contributed by atoms with van der Waals surface area (Å²) in [6.07, 6.45) is 12.8. The lowest BCUT2D eigenvalue weighted by Crippen LogP contribution is -2.40. The molecule has 8 heteroatoms. The summed E-state index contributed by atoms with van der Waals surface area (Å²) in [6.45, 7) is 2.11. The van der Waals surface area contributed by atoms with E-state index < -0.39 is 6.17 Å². The van der Waals surface area contributed by atoms with Crippen molar-refractivity contribution in [3.8, 4) is 5.69 Å². The van der Waals surface area contributed by atoms with Crippen LogP contribution < -0.4 is 5.32 Å². The number of nitrogens with zero attached hydrogens (tertiary/aromatic N) is 2. The Morgan fingerprint density at radius 2 is 2.06 bits per heavy atom. The topological polar surface area (TPSA) is 46.9 Å². The number of hydrogen-bond acceptors (Lipinski definition) is 3. The van der Waals surface area contributed by atoms with Gasteiger partial charge in [0.05, 0.1) is 16.4 Å². The molecule has 0 bridgehead atoms. The molecule has 5 rings (SSSR count). The summed E-state index contributed by atoms with van der Waals surface area (Å²) in [5.74, 6) is 1.80. The highest BCUT2D eigenvalue weighted by molar-refractivity contribution is 7.99. The summed E-state index contributed by atoms with van der Waals surface area (Å²) in [6, 6.07) is 5.30. The Hall–Kier alpha value is -2.02. The highest BCUT2D eigenvalue weighted by Crippen LogP contribution is 2.38. The summed E-state index contributed by atoms with van der Waals surface area (Å²) in [4.78, 5) is 13.8. The van der Waals surface area contributed by atoms with Gasteiger partial charge in [0.2, 0.25) is 0 Å². The standard InChI is InChI=1S/C28H30Cl2FN3OS/c1-17(19-5-3-2-4-6-19)32-28(35)27-23-16-36-15-20(13-18-7-10-22(31)11-8-18)26(23)33-34(27)25-12-9-21(29)14-24(25)30/h7-10,12-14,17,19,22H,2-6,11,15-16H2,1H3,(H,32,35)/b20-13+/t17-,22?/m1/s1. The Bertz CT molecular complexity index is 1250. The van der Waals surface area contributed by atoms with Crippen LogP contribution >= 0.6 is 35.0 Å². The van der Waals surface area contributed by atoms with E-state index >= 15 is 0 Å². The van der Waals surface area contributed by atoms with Crippen molar-refractivity contribution in [2.75, 3.05) is 5.75 Å². The molecule has 2 aromatic rings. The third-order valence-corrected chi connectivity index (χ3v) is 8.82. The normalized spacial score (nSPS) is 22.3. The van der Waals surface area contributed by atoms with Crippen LogP contribution in [0.2, 0.25) is 10.0 Å². The van der Waals surface area contributed by atoms with Crippen molar-refractivity contribution in [2.45, 2.75) is 63.4 Å². The number of carbonyl (C=O) groups is 1. The molecule has 36 heavy (non-hydrogen) atoms. The molecule has 1 aromatic carbocycles. The number of halogens is 3. The van der Waals surface area contributed by atoms with E-state index in [1.54, 1.807) is 40.7 Å². The van der Waals surface area contributed by atoms with Crippen LogP contribution in [-0.4, -0.2) is 33.7 Å². The van der Waals surface area contributed by atoms with Gasteiger partial charge in [-0.25, -0.2) is 9.07 Å². The van der Waals surface area contributed by atoms with Gasteiger partial charge in [-0.05, 0) is 67.2 Å². The lowest BCUT2D eigenvalue weighted by molar-refractivity contribution is 0.0910. The Morgan fingerprint density at radius 3 is 2.78 bits per heavy atom. The number of nitrogens with one attached hydrogen (secondary N) is 1. The molecule has 1 aliphatic heterocycles. The van der Waals surface area contributed by atoms with Crippen molar-refractivity contribution < 1.29 is 9.18 Å². The molecule has 1 unspecified atom stereocenters. The predicted molar refractivity (Wildman–Crippen MR) is 148 cm³/mol. The molecule has 2 aliphatic carbocycles. The van der Waals surface area contributed by atoms with E-state index in [0.29, 0.717) is 39.5 Å². The van der Waals surface area contributed by atoms with E-state index in [4.69, 9.17) is 28.3 Å². The van der Waals surface area contributed by atoms with Crippen molar-refractivity contribution in [1.29, 1.82) is 0 Å². The largest absolute Gasteiger partial charge is 0.348 e. The van der Waals surface area contributed by atoms with E-state index in [1.807, 2.05) is 12.2 Å². The van der Waals surface area contributed by atoms with E-state index in [9.17, 15) is 9.18 Å². The van der Waals surface area contributed by atoms with E-state index in [0.717, 1.165) is 41.0 Å². The van der Waals surface area contributed by atoms with Crippen molar-refractivity contribution in [2.24, 2.45) is 5.92 Å². The van der Waals surface area contributed by atoms with Crippen LogP contribution in [0, 0.1) is 5.92 Å². The minimum absolute atomic E-state index is 0.0786. The number of fused-ring (bicyclic) bond motifs is 1. The first-order valence-corrected chi connectivity index (χ1v) is 14.5. The summed E-state index contributed by atoms with van der Waals surface area (Å²) in [7, 11) is 0. The zero-order chi connectivity index (χ0) is 25.2. The van der Waals surface area contributed by atoms with Gasteiger partial charge in [0.15, 0.2) is 0 Å². The number of alkyl halides is 1. The van der Waals surface area contributed by atoms with Crippen molar-refractivity contribution >= 4 is 46.4 Å². The minimum atomic E-state index is -0.934. The van der Waals surface area contributed by atoms with E-state index in [1.165, 1.54) is 19.3 Å². The maximum Gasteiger partial charge on any atom is 0.270 e. The van der Waals surface area contributed by atoms with Crippen molar-refractivity contribution in [3.63, 3.8) is 0 Å². The fourth-order valence-corrected chi connectivity index (χ4v) is 6.80. The van der Waals surface area contributed by atoms with Gasteiger partial charge in [-0.3, -0.25) is 4.79 Å². The first-order valence-electron chi connectivity index (χ1n) is 12.6. The molecule has 1 amide bonds. The molecule has 190 valence electrons. The monoisotopic (exact) mass is 545 g/mol. The quantitative estimate of drug-likeness (QED) is 0.418. The number of allylic oxidation sites excluding steroid dienone is 5. The van der Waals surface area contributed by atoms with Crippen LogP contribution in [0.15, 0.2) is 48.1 Å². The van der Waals surface area contributed by atoms with Gasteiger partial charge in [0, 0.05) is 34.6 Å². The van der Waals surface area contributed by atoms with Gasteiger partial charge in [-0.1, -0.05) is 54.6 Å². The number of carbonyl (C=O) groups excluding carboxylic acids is 1. The second kappa shape index (κ2) is 11.2. The Kier molecular flexibility index (Phi) is 7.94. The van der Waals surface area contributed by atoms with Gasteiger partial charge in [-0.15, -0.1) is 0 Å². The van der Waals surface area contributed by atoms with Gasteiger partial charge >= 0.3 is 0 Å². The Labute approximate surface area is 226 Å². The van der Waals surface area contributed by atoms with Crippen molar-refractivity contribution in [1.82, 2.24) is 15.1 Å². The van der Waals surface area contributed by atoms with Gasteiger partial charge in [-0.2, -0.15) is 16.9 Å². The SMILES string of the molecule is C[C@@H](NC(=O)c1c2c(nn1-c1ccc(Cl)cc1Cl)/C(=C/C1=CCC(F)C=C1)CSC2)C1CCCCC1. The Balaban J connectivity index is 1.55. The first-order chi connectivity index (χ1) is 17.4. The fraction of sp³-hybridized carbons (Fsp3) is 0.429. The molecule has 3 aliphatic rings. The second-order valence-electron chi connectivity index (χ2n) is 9.82. The molecule has 2 atom stereocenters. The number of hydrogen-bond donors (Lipinski definition) is 1. The first kappa shape index (κ1) is 25.6. The van der Waals surface area contributed by atoms with Crippen LogP contribution in [0.1, 0.15) is 67.2 Å². The zero-order valence-corrected chi connectivity index (χ0v) is 22.6. The number of amides is 1. The zero-order valence-electron chi connectivity index (χ0n) is 20.3. The van der Waals surface area contributed by atoms with Crippen LogP contribution in [-0.2, 0) is 5.75 Å². The molecule has 0 radical (unpaired) electrons. The van der Waals surface area contributed by atoms with Crippen LogP contribution in [0.25, 0.3) is 11.3 Å². The van der Waals surface area contributed by atoms with Crippen LogP contribution in [0.3, 0.4) is 0 Å². The summed E-state index contributed by atoms with van der Waals surface area (Å²) >= 11 is 14.5. The van der Waals surface area contributed by atoms with Gasteiger partial charge < -0.3 is 5.32 Å². The molecular weight excluding hydrogens is 516 g/mol. The van der Waals surface area contributed by atoms with Crippen LogP contribution in [0.5, 0.6) is 0 Å². The van der Waals surface area contributed by atoms with Gasteiger partial charge in [0.25, 0.3) is 5.91 Å². The van der Waals surface area contributed by atoms with Crippen molar-refractivity contribution in [3.05, 3.63) is 75.1 Å². The molecule has 0 saturated heterocycles. The molecule has 1 N–H and O–H groups in total.